The SMILES string of the molecule is COc1cn2cc(-c3cc4ccc(N5CCNCC5)cc4oc3=O)nc2c(C)n1. The van der Waals surface area contributed by atoms with Crippen molar-refractivity contribution in [3.8, 4) is 17.1 Å². The highest BCUT2D eigenvalue weighted by molar-refractivity contribution is 5.84. The van der Waals surface area contributed by atoms with Crippen LogP contribution in [0.15, 0.2) is 45.9 Å². The van der Waals surface area contributed by atoms with Crippen LogP contribution in [0.3, 0.4) is 0 Å². The molecule has 1 fully saturated rings. The third-order valence-electron chi connectivity index (χ3n) is 5.27. The molecular formula is C21H21N5O3. The summed E-state index contributed by atoms with van der Waals surface area (Å²) in [4.78, 5) is 23.9. The Balaban J connectivity index is 1.58. The second-order valence-electron chi connectivity index (χ2n) is 7.13. The van der Waals surface area contributed by atoms with Crippen LogP contribution in [0.1, 0.15) is 5.69 Å². The van der Waals surface area contributed by atoms with Gasteiger partial charge in [0.25, 0.3) is 0 Å². The predicted molar refractivity (Wildman–Crippen MR) is 111 cm³/mol. The van der Waals surface area contributed by atoms with Crippen molar-refractivity contribution < 1.29 is 9.15 Å². The Morgan fingerprint density at radius 2 is 1.97 bits per heavy atom. The van der Waals surface area contributed by atoms with Gasteiger partial charge in [0.2, 0.25) is 5.88 Å². The Morgan fingerprint density at radius 1 is 1.14 bits per heavy atom. The van der Waals surface area contributed by atoms with E-state index in [0.29, 0.717) is 28.4 Å². The molecule has 1 aromatic carbocycles. The molecule has 0 unspecified atom stereocenters. The van der Waals surface area contributed by atoms with E-state index in [2.05, 4.69) is 26.3 Å². The quantitative estimate of drug-likeness (QED) is 0.536. The number of benzene rings is 1. The van der Waals surface area contributed by atoms with Crippen LogP contribution in [-0.4, -0.2) is 47.7 Å². The Morgan fingerprint density at radius 3 is 2.76 bits per heavy atom. The van der Waals surface area contributed by atoms with Crippen molar-refractivity contribution in [3.63, 3.8) is 0 Å². The average molecular weight is 391 g/mol. The first-order valence-electron chi connectivity index (χ1n) is 9.57. The van der Waals surface area contributed by atoms with Gasteiger partial charge < -0.3 is 19.4 Å². The van der Waals surface area contributed by atoms with E-state index in [0.717, 1.165) is 42.9 Å². The fourth-order valence-electron chi connectivity index (χ4n) is 3.75. The number of hydrogen-bond donors (Lipinski definition) is 1. The Labute approximate surface area is 166 Å². The first-order chi connectivity index (χ1) is 14.1. The molecule has 0 bridgehead atoms. The van der Waals surface area contributed by atoms with Crippen molar-refractivity contribution >= 4 is 22.3 Å². The number of nitrogens with one attached hydrogen (secondary N) is 1. The van der Waals surface area contributed by atoms with Crippen molar-refractivity contribution in [2.24, 2.45) is 0 Å². The van der Waals surface area contributed by atoms with E-state index in [-0.39, 0.29) is 0 Å². The molecule has 29 heavy (non-hydrogen) atoms. The highest BCUT2D eigenvalue weighted by Crippen LogP contribution is 2.26. The van der Waals surface area contributed by atoms with Crippen LogP contribution in [0, 0.1) is 6.92 Å². The van der Waals surface area contributed by atoms with Gasteiger partial charge in [0.15, 0.2) is 5.65 Å². The van der Waals surface area contributed by atoms with E-state index in [4.69, 9.17) is 9.15 Å². The molecule has 0 saturated carbocycles. The molecule has 1 saturated heterocycles. The molecule has 0 spiro atoms. The molecule has 8 nitrogen and oxygen atoms in total. The lowest BCUT2D eigenvalue weighted by Gasteiger charge is -2.29. The van der Waals surface area contributed by atoms with Gasteiger partial charge in [-0.05, 0) is 25.1 Å². The summed E-state index contributed by atoms with van der Waals surface area (Å²) in [6.45, 7) is 5.63. The Hall–Kier alpha value is -3.39. The monoisotopic (exact) mass is 391 g/mol. The van der Waals surface area contributed by atoms with Crippen LogP contribution >= 0.6 is 0 Å². The number of imidazole rings is 1. The van der Waals surface area contributed by atoms with E-state index in [1.807, 2.05) is 29.5 Å². The van der Waals surface area contributed by atoms with Crippen LogP contribution in [0.5, 0.6) is 5.88 Å². The van der Waals surface area contributed by atoms with Gasteiger partial charge in [0, 0.05) is 49.5 Å². The summed E-state index contributed by atoms with van der Waals surface area (Å²) in [5.41, 5.74) is 3.61. The molecule has 0 radical (unpaired) electrons. The molecule has 0 atom stereocenters. The molecule has 1 aliphatic rings. The van der Waals surface area contributed by atoms with Gasteiger partial charge in [-0.15, -0.1) is 0 Å². The minimum Gasteiger partial charge on any atom is -0.480 e. The van der Waals surface area contributed by atoms with E-state index >= 15 is 0 Å². The van der Waals surface area contributed by atoms with Gasteiger partial charge in [0.05, 0.1) is 30.3 Å². The number of rotatable bonds is 3. The molecule has 4 aromatic rings. The summed E-state index contributed by atoms with van der Waals surface area (Å²) < 4.78 is 12.7. The number of aryl methyl sites for hydroxylation is 1. The number of aromatic nitrogens is 3. The topological polar surface area (TPSA) is 84.9 Å². The number of anilines is 1. The molecule has 1 aliphatic heterocycles. The number of nitrogens with zero attached hydrogens (tertiary/aromatic N) is 4. The summed E-state index contributed by atoms with van der Waals surface area (Å²) in [6, 6.07) is 7.84. The van der Waals surface area contributed by atoms with Gasteiger partial charge in [-0.2, -0.15) is 0 Å². The first-order valence-corrected chi connectivity index (χ1v) is 9.57. The Kier molecular flexibility index (Phi) is 4.21. The molecule has 0 amide bonds. The van der Waals surface area contributed by atoms with Crippen molar-refractivity contribution in [2.75, 3.05) is 38.2 Å². The maximum atomic E-state index is 12.7. The first kappa shape index (κ1) is 17.7. The average Bonchev–Trinajstić information content (AvgIpc) is 3.18. The fraction of sp³-hybridized carbons (Fsp3) is 0.286. The van der Waals surface area contributed by atoms with E-state index in [1.54, 1.807) is 19.5 Å². The zero-order chi connectivity index (χ0) is 20.0. The second kappa shape index (κ2) is 6.89. The summed E-state index contributed by atoms with van der Waals surface area (Å²) >= 11 is 0. The molecule has 0 aliphatic carbocycles. The summed E-state index contributed by atoms with van der Waals surface area (Å²) in [6.07, 6.45) is 3.53. The second-order valence-corrected chi connectivity index (χ2v) is 7.13. The number of fused-ring (bicyclic) bond motifs is 2. The van der Waals surface area contributed by atoms with Gasteiger partial charge in [-0.25, -0.2) is 14.8 Å². The smallest absolute Gasteiger partial charge is 0.345 e. The maximum Gasteiger partial charge on any atom is 0.345 e. The van der Waals surface area contributed by atoms with E-state index < -0.39 is 5.63 Å². The highest BCUT2D eigenvalue weighted by Gasteiger charge is 2.16. The van der Waals surface area contributed by atoms with Crippen LogP contribution in [-0.2, 0) is 0 Å². The molecule has 5 rings (SSSR count). The zero-order valence-electron chi connectivity index (χ0n) is 16.3. The van der Waals surface area contributed by atoms with E-state index in [1.165, 1.54) is 0 Å². The minimum atomic E-state index is -0.407. The fourth-order valence-corrected chi connectivity index (χ4v) is 3.75. The lowest BCUT2D eigenvalue weighted by molar-refractivity contribution is 0.394. The molecular weight excluding hydrogens is 370 g/mol. The van der Waals surface area contributed by atoms with Gasteiger partial charge in [0.1, 0.15) is 5.58 Å². The largest absolute Gasteiger partial charge is 0.480 e. The Bertz CT molecular complexity index is 1270. The molecule has 148 valence electrons. The van der Waals surface area contributed by atoms with Gasteiger partial charge in [-0.1, -0.05) is 0 Å². The molecule has 8 heteroatoms. The van der Waals surface area contributed by atoms with Crippen LogP contribution < -0.4 is 20.6 Å². The van der Waals surface area contributed by atoms with E-state index in [9.17, 15) is 4.79 Å². The predicted octanol–water partition coefficient (Wildman–Crippen LogP) is 2.23. The van der Waals surface area contributed by atoms with Crippen LogP contribution in [0.4, 0.5) is 5.69 Å². The van der Waals surface area contributed by atoms with Crippen molar-refractivity contribution in [1.82, 2.24) is 19.7 Å². The van der Waals surface area contributed by atoms with Gasteiger partial charge in [-0.3, -0.25) is 4.40 Å². The normalized spacial score (nSPS) is 14.6. The summed E-state index contributed by atoms with van der Waals surface area (Å²) in [5, 5.41) is 4.21. The van der Waals surface area contributed by atoms with Crippen molar-refractivity contribution in [3.05, 3.63) is 52.8 Å². The van der Waals surface area contributed by atoms with Crippen molar-refractivity contribution in [1.29, 1.82) is 0 Å². The van der Waals surface area contributed by atoms with Crippen LogP contribution in [0.2, 0.25) is 0 Å². The maximum absolute atomic E-state index is 12.7. The number of ether oxygens (including phenoxy) is 1. The molecule has 3 aromatic heterocycles. The zero-order valence-corrected chi connectivity index (χ0v) is 16.3. The lowest BCUT2D eigenvalue weighted by Crippen LogP contribution is -2.43. The minimum absolute atomic E-state index is 0.407. The van der Waals surface area contributed by atoms with Gasteiger partial charge >= 0.3 is 5.63 Å². The summed E-state index contributed by atoms with van der Waals surface area (Å²) in [7, 11) is 1.57. The number of hydrogen-bond acceptors (Lipinski definition) is 7. The number of methoxy groups -OCH3 is 1. The van der Waals surface area contributed by atoms with Crippen molar-refractivity contribution in [2.45, 2.75) is 6.92 Å². The summed E-state index contributed by atoms with van der Waals surface area (Å²) in [5.74, 6) is 0.491. The lowest BCUT2D eigenvalue weighted by atomic mass is 10.1. The molecule has 1 N–H and O–H groups in total. The highest BCUT2D eigenvalue weighted by atomic mass is 16.5. The standard InChI is InChI=1S/C21H21N5O3/c1-13-20-24-17(11-26(20)12-19(23-13)28-2)16-9-14-3-4-15(10-18(14)29-21(16)27)25-7-5-22-6-8-25/h3-4,9-12,22H,5-8H2,1-2H3. The number of piperazine rings is 1. The molecule has 4 heterocycles. The third-order valence-corrected chi connectivity index (χ3v) is 5.27. The third kappa shape index (κ3) is 3.11. The van der Waals surface area contributed by atoms with Crippen LogP contribution in [0.25, 0.3) is 27.9 Å².